The van der Waals surface area contributed by atoms with E-state index in [2.05, 4.69) is 0 Å². The van der Waals surface area contributed by atoms with E-state index in [-0.39, 0.29) is 18.2 Å². The number of anilines is 1. The van der Waals surface area contributed by atoms with Crippen molar-refractivity contribution in [2.24, 2.45) is 0 Å². The fourth-order valence-electron chi connectivity index (χ4n) is 3.28. The number of halogens is 5. The molecule has 1 aliphatic heterocycles. The van der Waals surface area contributed by atoms with Crippen LogP contribution in [0.15, 0.2) is 42.5 Å². The fraction of sp³-hybridized carbons (Fsp3) is 0.350. The van der Waals surface area contributed by atoms with E-state index in [1.807, 2.05) is 9.80 Å². The molecule has 1 N–H and O–H groups in total. The number of hydrogen-bond acceptors (Lipinski definition) is 4. The van der Waals surface area contributed by atoms with Gasteiger partial charge in [-0.05, 0) is 35.9 Å². The molecule has 0 aliphatic carbocycles. The highest BCUT2D eigenvalue weighted by Crippen LogP contribution is 2.34. The number of hydrogen-bond donors (Lipinski definition) is 1. The number of nitriles is 1. The molecule has 2 aromatic rings. The zero-order valence-electron chi connectivity index (χ0n) is 15.4. The van der Waals surface area contributed by atoms with Crippen molar-refractivity contribution in [1.82, 2.24) is 4.90 Å². The minimum atomic E-state index is -4.58. The quantitative estimate of drug-likeness (QED) is 0.747. The Bertz CT molecular complexity index is 860. The van der Waals surface area contributed by atoms with E-state index < -0.39 is 23.4 Å². The van der Waals surface area contributed by atoms with Crippen molar-refractivity contribution >= 4 is 18.1 Å². The Labute approximate surface area is 172 Å². The van der Waals surface area contributed by atoms with E-state index in [9.17, 15) is 22.7 Å². The van der Waals surface area contributed by atoms with Gasteiger partial charge >= 0.3 is 6.18 Å². The molecule has 1 heterocycles. The zero-order valence-corrected chi connectivity index (χ0v) is 16.2. The van der Waals surface area contributed by atoms with E-state index >= 15 is 0 Å². The molecule has 29 heavy (non-hydrogen) atoms. The number of rotatable bonds is 4. The first-order valence-corrected chi connectivity index (χ1v) is 8.80. The number of aliphatic hydroxyl groups is 1. The first-order valence-electron chi connectivity index (χ1n) is 8.80. The predicted molar refractivity (Wildman–Crippen MR) is 103 cm³/mol. The predicted octanol–water partition coefficient (Wildman–Crippen LogP) is 3.99. The van der Waals surface area contributed by atoms with Crippen LogP contribution in [0.5, 0.6) is 0 Å². The molecular weight excluding hydrogens is 410 g/mol. The minimum Gasteiger partial charge on any atom is -0.387 e. The summed E-state index contributed by atoms with van der Waals surface area (Å²) in [6.07, 6.45) is -5.35. The summed E-state index contributed by atoms with van der Waals surface area (Å²) in [7, 11) is 0. The second kappa shape index (κ2) is 9.44. The third-order valence-electron chi connectivity index (χ3n) is 4.85. The molecule has 9 heteroatoms. The number of piperazine rings is 1. The van der Waals surface area contributed by atoms with E-state index in [4.69, 9.17) is 5.26 Å². The van der Waals surface area contributed by atoms with Gasteiger partial charge in [0.15, 0.2) is 0 Å². The van der Waals surface area contributed by atoms with Crippen LogP contribution >= 0.6 is 12.4 Å². The van der Waals surface area contributed by atoms with Crippen LogP contribution in [-0.4, -0.2) is 42.7 Å². The molecule has 1 aliphatic rings. The first kappa shape index (κ1) is 22.9. The molecule has 0 amide bonds. The summed E-state index contributed by atoms with van der Waals surface area (Å²) in [4.78, 5) is 3.84. The van der Waals surface area contributed by atoms with Gasteiger partial charge in [-0.15, -0.1) is 12.4 Å². The Hall–Kier alpha value is -2.34. The van der Waals surface area contributed by atoms with Gasteiger partial charge in [-0.1, -0.05) is 12.1 Å². The van der Waals surface area contributed by atoms with Crippen molar-refractivity contribution in [2.75, 3.05) is 37.6 Å². The van der Waals surface area contributed by atoms with Gasteiger partial charge in [0.25, 0.3) is 0 Å². The molecule has 0 bridgehead atoms. The van der Waals surface area contributed by atoms with Gasteiger partial charge in [0.05, 0.1) is 23.3 Å². The van der Waals surface area contributed by atoms with Crippen LogP contribution in [0.3, 0.4) is 0 Å². The van der Waals surface area contributed by atoms with Crippen LogP contribution in [0.25, 0.3) is 0 Å². The van der Waals surface area contributed by atoms with Gasteiger partial charge < -0.3 is 10.0 Å². The maximum absolute atomic E-state index is 13.1. The Morgan fingerprint density at radius 3 is 2.21 bits per heavy atom. The fourth-order valence-corrected chi connectivity index (χ4v) is 3.28. The number of benzene rings is 2. The van der Waals surface area contributed by atoms with Gasteiger partial charge in [-0.3, -0.25) is 4.90 Å². The standard InChI is InChI=1S/C20H19F4N3O.ClH/c21-16-4-1-14(2-5-16)19(28)13-26-7-9-27(10-8-26)17-6-3-15(12-25)18(11-17)20(22,23)24;/h1-6,11,19,28H,7-10,13H2;1H. The lowest BCUT2D eigenvalue weighted by Crippen LogP contribution is -2.47. The van der Waals surface area contributed by atoms with E-state index in [1.54, 1.807) is 6.07 Å². The summed E-state index contributed by atoms with van der Waals surface area (Å²) >= 11 is 0. The van der Waals surface area contributed by atoms with Gasteiger partial charge in [0, 0.05) is 38.4 Å². The summed E-state index contributed by atoms with van der Waals surface area (Å²) in [5, 5.41) is 19.2. The molecule has 2 aromatic carbocycles. The Balaban J connectivity index is 0.00000300. The minimum absolute atomic E-state index is 0. The molecule has 4 nitrogen and oxygen atoms in total. The van der Waals surface area contributed by atoms with Gasteiger partial charge in [0.1, 0.15) is 5.82 Å². The van der Waals surface area contributed by atoms with Crippen LogP contribution in [0.1, 0.15) is 22.8 Å². The average molecular weight is 430 g/mol. The summed E-state index contributed by atoms with van der Waals surface area (Å²) in [6, 6.07) is 11.0. The second-order valence-electron chi connectivity index (χ2n) is 6.69. The van der Waals surface area contributed by atoms with Crippen LogP contribution in [0.2, 0.25) is 0 Å². The van der Waals surface area contributed by atoms with Gasteiger partial charge in [-0.25, -0.2) is 4.39 Å². The molecule has 1 saturated heterocycles. The molecule has 1 atom stereocenters. The summed E-state index contributed by atoms with van der Waals surface area (Å²) < 4.78 is 52.4. The molecule has 0 spiro atoms. The molecule has 3 rings (SSSR count). The van der Waals surface area contributed by atoms with Crippen molar-refractivity contribution in [3.63, 3.8) is 0 Å². The highest BCUT2D eigenvalue weighted by Gasteiger charge is 2.34. The Kier molecular flexibility index (Phi) is 7.47. The van der Waals surface area contributed by atoms with Gasteiger partial charge in [-0.2, -0.15) is 18.4 Å². The lowest BCUT2D eigenvalue weighted by Gasteiger charge is -2.37. The van der Waals surface area contributed by atoms with Crippen molar-refractivity contribution in [2.45, 2.75) is 12.3 Å². The van der Waals surface area contributed by atoms with E-state index in [0.29, 0.717) is 44.0 Å². The number of aliphatic hydroxyl groups excluding tert-OH is 1. The maximum atomic E-state index is 13.1. The number of nitrogens with zero attached hydrogens (tertiary/aromatic N) is 3. The molecule has 1 unspecified atom stereocenters. The first-order chi connectivity index (χ1) is 13.3. The molecule has 156 valence electrons. The second-order valence-corrected chi connectivity index (χ2v) is 6.69. The van der Waals surface area contributed by atoms with Crippen molar-refractivity contribution in [1.29, 1.82) is 5.26 Å². The summed E-state index contributed by atoms with van der Waals surface area (Å²) in [6.45, 7) is 2.50. The highest BCUT2D eigenvalue weighted by molar-refractivity contribution is 5.85. The summed E-state index contributed by atoms with van der Waals surface area (Å²) in [5.74, 6) is -0.370. The lowest BCUT2D eigenvalue weighted by molar-refractivity contribution is -0.137. The largest absolute Gasteiger partial charge is 0.417 e. The third-order valence-corrected chi connectivity index (χ3v) is 4.85. The molecule has 0 saturated carbocycles. The van der Waals surface area contributed by atoms with E-state index in [0.717, 1.165) is 6.07 Å². The van der Waals surface area contributed by atoms with Crippen LogP contribution in [0, 0.1) is 17.1 Å². The third kappa shape index (κ3) is 5.60. The maximum Gasteiger partial charge on any atom is 0.417 e. The van der Waals surface area contributed by atoms with Crippen molar-refractivity contribution in [3.8, 4) is 6.07 Å². The molecule has 0 radical (unpaired) electrons. The van der Waals surface area contributed by atoms with Crippen molar-refractivity contribution in [3.05, 3.63) is 65.0 Å². The van der Waals surface area contributed by atoms with Gasteiger partial charge in [0.2, 0.25) is 0 Å². The van der Waals surface area contributed by atoms with E-state index in [1.165, 1.54) is 36.4 Å². The number of β-amino-alcohol motifs (C(OH)–C–C–N with tert-alkyl or cyclic N) is 1. The summed E-state index contributed by atoms with van der Waals surface area (Å²) in [5.41, 5.74) is -0.283. The van der Waals surface area contributed by atoms with Crippen LogP contribution < -0.4 is 4.90 Å². The lowest BCUT2D eigenvalue weighted by atomic mass is 10.1. The average Bonchev–Trinajstić information content (AvgIpc) is 2.68. The normalized spacial score (nSPS) is 16.1. The molecule has 0 aromatic heterocycles. The Morgan fingerprint density at radius 1 is 1.03 bits per heavy atom. The monoisotopic (exact) mass is 429 g/mol. The smallest absolute Gasteiger partial charge is 0.387 e. The van der Waals surface area contributed by atoms with Crippen LogP contribution in [0.4, 0.5) is 23.2 Å². The van der Waals surface area contributed by atoms with Crippen molar-refractivity contribution < 1.29 is 22.7 Å². The molecular formula is C20H20ClF4N3O. The Morgan fingerprint density at radius 2 is 1.66 bits per heavy atom. The zero-order chi connectivity index (χ0) is 20.3. The SMILES string of the molecule is Cl.N#Cc1ccc(N2CCN(CC(O)c3ccc(F)cc3)CC2)cc1C(F)(F)F. The highest BCUT2D eigenvalue weighted by atomic mass is 35.5. The van der Waals surface area contributed by atoms with Crippen LogP contribution in [-0.2, 0) is 6.18 Å². The number of alkyl halides is 3. The molecule has 1 fully saturated rings. The topological polar surface area (TPSA) is 50.5 Å².